The first-order valence-electron chi connectivity index (χ1n) is 7.84. The summed E-state index contributed by atoms with van der Waals surface area (Å²) in [5.74, 6) is 0.965. The third kappa shape index (κ3) is 4.08. The van der Waals surface area contributed by atoms with Gasteiger partial charge in [-0.15, -0.1) is 10.2 Å². The van der Waals surface area contributed by atoms with Crippen molar-refractivity contribution in [1.82, 2.24) is 10.2 Å². The van der Waals surface area contributed by atoms with E-state index in [0.717, 1.165) is 22.2 Å². The van der Waals surface area contributed by atoms with Gasteiger partial charge in [0.15, 0.2) is 6.61 Å². The first-order chi connectivity index (χ1) is 11.6. The van der Waals surface area contributed by atoms with Crippen LogP contribution in [0.15, 0.2) is 42.5 Å². The Kier molecular flexibility index (Phi) is 5.05. The summed E-state index contributed by atoms with van der Waals surface area (Å²) in [6.07, 6.45) is 0.861. The van der Waals surface area contributed by atoms with E-state index in [4.69, 9.17) is 4.74 Å². The molecular weight excluding hydrogens is 322 g/mol. The lowest BCUT2D eigenvalue weighted by molar-refractivity contribution is -0.118. The van der Waals surface area contributed by atoms with Crippen molar-refractivity contribution in [3.05, 3.63) is 47.5 Å². The maximum atomic E-state index is 12.1. The molecule has 3 rings (SSSR count). The van der Waals surface area contributed by atoms with Crippen LogP contribution in [0, 0.1) is 5.92 Å². The van der Waals surface area contributed by atoms with Crippen molar-refractivity contribution in [3.8, 4) is 5.75 Å². The average molecular weight is 341 g/mol. The zero-order valence-electron chi connectivity index (χ0n) is 13.7. The van der Waals surface area contributed by atoms with Crippen LogP contribution >= 0.6 is 11.3 Å². The Morgan fingerprint density at radius 3 is 2.79 bits per heavy atom. The van der Waals surface area contributed by atoms with Crippen molar-refractivity contribution in [2.24, 2.45) is 5.92 Å². The third-order valence-electron chi connectivity index (χ3n) is 3.40. The molecule has 0 fully saturated rings. The molecule has 6 heteroatoms. The zero-order chi connectivity index (χ0) is 16.9. The van der Waals surface area contributed by atoms with E-state index in [-0.39, 0.29) is 12.5 Å². The van der Waals surface area contributed by atoms with Crippen molar-refractivity contribution < 1.29 is 9.53 Å². The van der Waals surface area contributed by atoms with Crippen molar-refractivity contribution >= 4 is 33.1 Å². The van der Waals surface area contributed by atoms with Crippen LogP contribution in [0.2, 0.25) is 0 Å². The van der Waals surface area contributed by atoms with Crippen LogP contribution in [0.1, 0.15) is 18.9 Å². The minimum atomic E-state index is -0.241. The number of anilines is 1. The summed E-state index contributed by atoms with van der Waals surface area (Å²) in [6.45, 7) is 4.18. The Balaban J connectivity index is 1.60. The maximum absolute atomic E-state index is 12.1. The predicted molar refractivity (Wildman–Crippen MR) is 96.5 cm³/mol. The molecule has 0 unspecified atom stereocenters. The normalized spacial score (nSPS) is 11.0. The standard InChI is InChI=1S/C18H19N3O2S/c1-12(2)10-17-20-21-18(24-17)19-16(22)11-23-15-9-5-7-13-6-3-4-8-14(13)15/h3-9,12H,10-11H2,1-2H3,(H,19,21,22). The van der Waals surface area contributed by atoms with Gasteiger partial charge < -0.3 is 4.74 Å². The fraction of sp³-hybridized carbons (Fsp3) is 0.278. The molecule has 0 aliphatic heterocycles. The van der Waals surface area contributed by atoms with Crippen molar-refractivity contribution in [2.75, 3.05) is 11.9 Å². The highest BCUT2D eigenvalue weighted by Crippen LogP contribution is 2.25. The molecular formula is C18H19N3O2S. The molecule has 0 aliphatic carbocycles. The fourth-order valence-corrected chi connectivity index (χ4v) is 3.32. The van der Waals surface area contributed by atoms with Crippen molar-refractivity contribution in [1.29, 1.82) is 0 Å². The number of nitrogens with one attached hydrogen (secondary N) is 1. The molecule has 1 N–H and O–H groups in total. The number of amides is 1. The smallest absolute Gasteiger partial charge is 0.264 e. The SMILES string of the molecule is CC(C)Cc1nnc(NC(=O)COc2cccc3ccccc23)s1. The quantitative estimate of drug-likeness (QED) is 0.738. The van der Waals surface area contributed by atoms with Gasteiger partial charge in [0.25, 0.3) is 5.91 Å². The van der Waals surface area contributed by atoms with Gasteiger partial charge in [0.1, 0.15) is 10.8 Å². The number of nitrogens with zero attached hydrogens (tertiary/aromatic N) is 2. The van der Waals surface area contributed by atoms with Crippen LogP contribution in [0.4, 0.5) is 5.13 Å². The fourth-order valence-electron chi connectivity index (χ4n) is 2.36. The summed E-state index contributed by atoms with van der Waals surface area (Å²) in [5.41, 5.74) is 0. The second-order valence-corrected chi connectivity index (χ2v) is 6.98. The summed E-state index contributed by atoms with van der Waals surface area (Å²) in [6, 6.07) is 13.7. The summed E-state index contributed by atoms with van der Waals surface area (Å²) < 4.78 is 5.67. The molecule has 0 bridgehead atoms. The van der Waals surface area contributed by atoms with Crippen LogP contribution in [-0.2, 0) is 11.2 Å². The molecule has 1 aromatic heterocycles. The second-order valence-electron chi connectivity index (χ2n) is 5.91. The van der Waals surface area contributed by atoms with Crippen LogP contribution in [0.5, 0.6) is 5.75 Å². The molecule has 24 heavy (non-hydrogen) atoms. The van der Waals surface area contributed by atoms with Gasteiger partial charge in [0.05, 0.1) is 0 Å². The zero-order valence-corrected chi connectivity index (χ0v) is 14.5. The summed E-state index contributed by atoms with van der Waals surface area (Å²) in [7, 11) is 0. The second kappa shape index (κ2) is 7.40. The third-order valence-corrected chi connectivity index (χ3v) is 4.27. The number of carbonyl (C=O) groups excluding carboxylic acids is 1. The molecule has 0 saturated carbocycles. The van der Waals surface area contributed by atoms with E-state index in [0.29, 0.717) is 16.8 Å². The van der Waals surface area contributed by atoms with Gasteiger partial charge in [-0.25, -0.2) is 0 Å². The molecule has 0 atom stereocenters. The van der Waals surface area contributed by atoms with Gasteiger partial charge >= 0.3 is 0 Å². The van der Waals surface area contributed by atoms with E-state index in [1.54, 1.807) is 0 Å². The number of hydrogen-bond donors (Lipinski definition) is 1. The first kappa shape index (κ1) is 16.4. The van der Waals surface area contributed by atoms with Gasteiger partial charge in [0, 0.05) is 11.8 Å². The molecule has 0 aliphatic rings. The van der Waals surface area contributed by atoms with Crippen molar-refractivity contribution in [3.63, 3.8) is 0 Å². The Bertz CT molecular complexity index is 840. The molecule has 0 spiro atoms. The minimum Gasteiger partial charge on any atom is -0.483 e. The number of ether oxygens (including phenoxy) is 1. The molecule has 0 radical (unpaired) electrons. The summed E-state index contributed by atoms with van der Waals surface area (Å²) in [5, 5.41) is 14.3. The van der Waals surface area contributed by atoms with E-state index in [2.05, 4.69) is 29.4 Å². The highest BCUT2D eigenvalue weighted by molar-refractivity contribution is 7.15. The molecule has 1 heterocycles. The van der Waals surface area contributed by atoms with Crippen LogP contribution in [-0.4, -0.2) is 22.7 Å². The van der Waals surface area contributed by atoms with E-state index in [1.807, 2.05) is 42.5 Å². The monoisotopic (exact) mass is 341 g/mol. The Labute approximate surface area is 144 Å². The molecule has 1 amide bonds. The van der Waals surface area contributed by atoms with Crippen LogP contribution in [0.25, 0.3) is 10.8 Å². The lowest BCUT2D eigenvalue weighted by atomic mass is 10.1. The molecule has 2 aromatic carbocycles. The highest BCUT2D eigenvalue weighted by atomic mass is 32.1. The van der Waals surface area contributed by atoms with Crippen LogP contribution < -0.4 is 10.1 Å². The van der Waals surface area contributed by atoms with Gasteiger partial charge in [-0.1, -0.05) is 61.6 Å². The number of aromatic nitrogens is 2. The lowest BCUT2D eigenvalue weighted by Crippen LogP contribution is -2.20. The molecule has 0 saturated heterocycles. The molecule has 3 aromatic rings. The van der Waals surface area contributed by atoms with Gasteiger partial charge in [-0.2, -0.15) is 0 Å². The van der Waals surface area contributed by atoms with E-state index >= 15 is 0 Å². The molecule has 124 valence electrons. The van der Waals surface area contributed by atoms with E-state index in [9.17, 15) is 4.79 Å². The van der Waals surface area contributed by atoms with E-state index < -0.39 is 0 Å². The largest absolute Gasteiger partial charge is 0.483 e. The van der Waals surface area contributed by atoms with Crippen molar-refractivity contribution in [2.45, 2.75) is 20.3 Å². The Morgan fingerprint density at radius 1 is 1.17 bits per heavy atom. The first-order valence-corrected chi connectivity index (χ1v) is 8.66. The highest BCUT2D eigenvalue weighted by Gasteiger charge is 2.10. The number of rotatable bonds is 6. The topological polar surface area (TPSA) is 64.1 Å². The number of benzene rings is 2. The number of fused-ring (bicyclic) bond motifs is 1. The van der Waals surface area contributed by atoms with Crippen LogP contribution in [0.3, 0.4) is 0 Å². The number of hydrogen-bond acceptors (Lipinski definition) is 5. The average Bonchev–Trinajstić information content (AvgIpc) is 2.99. The van der Waals surface area contributed by atoms with Gasteiger partial charge in [-0.3, -0.25) is 10.1 Å². The predicted octanol–water partition coefficient (Wildman–Crippen LogP) is 3.91. The number of carbonyl (C=O) groups is 1. The summed E-state index contributed by atoms with van der Waals surface area (Å²) >= 11 is 1.40. The lowest BCUT2D eigenvalue weighted by Gasteiger charge is -2.08. The summed E-state index contributed by atoms with van der Waals surface area (Å²) in [4.78, 5) is 12.1. The molecule has 5 nitrogen and oxygen atoms in total. The minimum absolute atomic E-state index is 0.0624. The van der Waals surface area contributed by atoms with E-state index in [1.165, 1.54) is 11.3 Å². The Morgan fingerprint density at radius 2 is 1.96 bits per heavy atom. The van der Waals surface area contributed by atoms with Gasteiger partial charge in [-0.05, 0) is 17.4 Å². The maximum Gasteiger partial charge on any atom is 0.264 e. The Hall–Kier alpha value is -2.47. The van der Waals surface area contributed by atoms with Gasteiger partial charge in [0.2, 0.25) is 5.13 Å².